The van der Waals surface area contributed by atoms with Crippen molar-refractivity contribution in [3.63, 3.8) is 0 Å². The Morgan fingerprint density at radius 2 is 1.65 bits per heavy atom. The number of nitrogens with one attached hydrogen (secondary N) is 2. The number of carbonyl (C=O) groups excluding carboxylic acids is 3. The molecule has 8 nitrogen and oxygen atoms in total. The highest BCUT2D eigenvalue weighted by Crippen LogP contribution is 2.29. The quantitative estimate of drug-likeness (QED) is 0.507. The minimum Gasteiger partial charge on any atom is -0.469 e. The Labute approximate surface area is 204 Å². The molecule has 34 heavy (non-hydrogen) atoms. The molecule has 0 aliphatic heterocycles. The Hall–Kier alpha value is -3.43. The number of pyridine rings is 1. The number of carbonyl (C=O) groups is 3. The smallest absolute Gasteiger partial charge is 0.308 e. The topological polar surface area (TPSA) is 106 Å². The van der Waals surface area contributed by atoms with Gasteiger partial charge >= 0.3 is 5.97 Å². The monoisotopic (exact) mass is 499 g/mol. The molecule has 3 aromatic rings. The van der Waals surface area contributed by atoms with Crippen molar-refractivity contribution in [1.29, 1.82) is 0 Å². The van der Waals surface area contributed by atoms with E-state index in [1.165, 1.54) is 17.7 Å². The minimum absolute atomic E-state index is 0.176. The van der Waals surface area contributed by atoms with Crippen molar-refractivity contribution < 1.29 is 19.1 Å². The lowest BCUT2D eigenvalue weighted by Gasteiger charge is -2.22. The molecule has 3 atom stereocenters. The summed E-state index contributed by atoms with van der Waals surface area (Å²) in [6.45, 7) is 0. The molecule has 176 valence electrons. The van der Waals surface area contributed by atoms with E-state index in [-0.39, 0.29) is 23.3 Å². The maximum absolute atomic E-state index is 12.9. The van der Waals surface area contributed by atoms with Crippen LogP contribution in [-0.2, 0) is 9.53 Å². The summed E-state index contributed by atoms with van der Waals surface area (Å²) in [7, 11) is 1.31. The van der Waals surface area contributed by atoms with E-state index in [0.717, 1.165) is 11.3 Å². The lowest BCUT2D eigenvalue weighted by Crippen LogP contribution is -2.48. The third-order valence-corrected chi connectivity index (χ3v) is 6.99. The summed E-state index contributed by atoms with van der Waals surface area (Å²) in [5.41, 5.74) is 0.850. The fourth-order valence-corrected chi connectivity index (χ4v) is 5.00. The van der Waals surface area contributed by atoms with Crippen molar-refractivity contribution >= 4 is 40.7 Å². The van der Waals surface area contributed by atoms with E-state index in [1.54, 1.807) is 54.7 Å². The van der Waals surface area contributed by atoms with E-state index in [0.29, 0.717) is 33.3 Å². The maximum Gasteiger partial charge on any atom is 0.308 e. The van der Waals surface area contributed by atoms with Gasteiger partial charge in [-0.2, -0.15) is 0 Å². The molecule has 1 saturated carbocycles. The first kappa shape index (κ1) is 23.7. The van der Waals surface area contributed by atoms with Crippen molar-refractivity contribution in [3.8, 4) is 5.69 Å². The van der Waals surface area contributed by atoms with Gasteiger partial charge in [-0.05, 0) is 55.3 Å². The van der Waals surface area contributed by atoms with Crippen LogP contribution in [0.4, 0.5) is 0 Å². The van der Waals surface area contributed by atoms with Gasteiger partial charge in [-0.25, -0.2) is 0 Å². The second kappa shape index (κ2) is 10.2. The third-order valence-electron chi connectivity index (χ3n) is 5.76. The summed E-state index contributed by atoms with van der Waals surface area (Å²) in [5, 5.41) is 5.85. The van der Waals surface area contributed by atoms with E-state index in [9.17, 15) is 19.2 Å². The van der Waals surface area contributed by atoms with Gasteiger partial charge in [0.1, 0.15) is 0 Å². The first-order valence-electron chi connectivity index (χ1n) is 10.6. The molecule has 0 spiro atoms. The number of ether oxygens (including phenoxy) is 1. The molecule has 0 bridgehead atoms. The molecule has 2 N–H and O–H groups in total. The Balaban J connectivity index is 1.48. The van der Waals surface area contributed by atoms with Crippen LogP contribution in [0.2, 0.25) is 4.34 Å². The van der Waals surface area contributed by atoms with Gasteiger partial charge < -0.3 is 15.4 Å². The summed E-state index contributed by atoms with van der Waals surface area (Å²) in [6.07, 6.45) is 2.33. The average molecular weight is 500 g/mol. The number of benzene rings is 1. The summed E-state index contributed by atoms with van der Waals surface area (Å²) < 4.78 is 6.84. The average Bonchev–Trinajstić information content (AvgIpc) is 3.45. The van der Waals surface area contributed by atoms with Gasteiger partial charge in [-0.1, -0.05) is 17.7 Å². The standard InChI is InChI=1S/C24H22ClN3O5S/c1-33-24(32)15-12-17(18(13-15)27-23(31)19-9-10-20(25)34-19)26-22(30)14-5-7-16(8-6-14)28-11-3-2-4-21(28)29/h2-11,15,17-18H,12-13H2,1H3,(H,26,30)(H,27,31)/t15-,17-,18+/m0/s1. The normalized spacial score (nSPS) is 19.4. The molecular weight excluding hydrogens is 478 g/mol. The van der Waals surface area contributed by atoms with E-state index < -0.39 is 18.0 Å². The molecule has 10 heteroatoms. The molecule has 1 aliphatic rings. The van der Waals surface area contributed by atoms with Crippen LogP contribution in [-0.4, -0.2) is 41.5 Å². The van der Waals surface area contributed by atoms with Crippen LogP contribution in [0.25, 0.3) is 5.69 Å². The van der Waals surface area contributed by atoms with E-state index in [1.807, 2.05) is 0 Å². The molecule has 2 heterocycles. The Morgan fingerprint density at radius 1 is 0.971 bits per heavy atom. The highest BCUT2D eigenvalue weighted by Gasteiger charge is 2.40. The van der Waals surface area contributed by atoms with E-state index >= 15 is 0 Å². The van der Waals surface area contributed by atoms with Crippen molar-refractivity contribution in [3.05, 3.63) is 85.9 Å². The van der Waals surface area contributed by atoms with Gasteiger partial charge in [0.15, 0.2) is 0 Å². The molecule has 1 aliphatic carbocycles. The number of aromatic nitrogens is 1. The molecule has 1 aromatic carbocycles. The molecule has 2 amide bonds. The second-order valence-corrected chi connectivity index (χ2v) is 9.63. The zero-order valence-electron chi connectivity index (χ0n) is 18.2. The van der Waals surface area contributed by atoms with Crippen LogP contribution < -0.4 is 16.2 Å². The van der Waals surface area contributed by atoms with Gasteiger partial charge in [-0.3, -0.25) is 23.7 Å². The van der Waals surface area contributed by atoms with Crippen molar-refractivity contribution in [1.82, 2.24) is 15.2 Å². The SMILES string of the molecule is COC(=O)[C@H]1C[C@H](NC(=O)c2ccc(-n3ccccc3=O)cc2)[C@H](NC(=O)c2ccc(Cl)s2)C1. The molecule has 0 saturated heterocycles. The van der Waals surface area contributed by atoms with E-state index in [2.05, 4.69) is 10.6 Å². The third kappa shape index (κ3) is 5.21. The predicted molar refractivity (Wildman–Crippen MR) is 129 cm³/mol. The second-order valence-electron chi connectivity index (χ2n) is 7.91. The zero-order valence-corrected chi connectivity index (χ0v) is 19.8. The number of hydrogen-bond donors (Lipinski definition) is 2. The fourth-order valence-electron chi connectivity index (χ4n) is 4.06. The Morgan fingerprint density at radius 3 is 2.24 bits per heavy atom. The molecule has 4 rings (SSSR count). The number of hydrogen-bond acceptors (Lipinski definition) is 6. The molecule has 0 unspecified atom stereocenters. The number of methoxy groups -OCH3 is 1. The Bertz CT molecular complexity index is 1270. The highest BCUT2D eigenvalue weighted by atomic mass is 35.5. The molecule has 0 radical (unpaired) electrons. The number of halogens is 1. The predicted octanol–water partition coefficient (Wildman–Crippen LogP) is 3.03. The van der Waals surface area contributed by atoms with Crippen LogP contribution in [0, 0.1) is 5.92 Å². The van der Waals surface area contributed by atoms with Crippen LogP contribution in [0.1, 0.15) is 32.9 Å². The lowest BCUT2D eigenvalue weighted by molar-refractivity contribution is -0.145. The molecular formula is C24H22ClN3O5S. The largest absolute Gasteiger partial charge is 0.469 e. The maximum atomic E-state index is 12.9. The summed E-state index contributed by atoms with van der Waals surface area (Å²) in [5.74, 6) is -1.49. The van der Waals surface area contributed by atoms with E-state index in [4.69, 9.17) is 16.3 Å². The van der Waals surface area contributed by atoms with Gasteiger partial charge in [0.05, 0.1) is 34.3 Å². The number of esters is 1. The minimum atomic E-state index is -0.465. The Kier molecular flexibility index (Phi) is 7.14. The van der Waals surface area contributed by atoms with Gasteiger partial charge in [0.2, 0.25) is 0 Å². The van der Waals surface area contributed by atoms with Crippen LogP contribution in [0.3, 0.4) is 0 Å². The number of amides is 2. The van der Waals surface area contributed by atoms with Crippen molar-refractivity contribution in [2.45, 2.75) is 24.9 Å². The van der Waals surface area contributed by atoms with Crippen molar-refractivity contribution in [2.75, 3.05) is 7.11 Å². The van der Waals surface area contributed by atoms with Crippen LogP contribution in [0.15, 0.2) is 65.6 Å². The zero-order chi connectivity index (χ0) is 24.2. The fraction of sp³-hybridized carbons (Fsp3) is 0.250. The number of nitrogens with zero attached hydrogens (tertiary/aromatic N) is 1. The van der Waals surface area contributed by atoms with Crippen LogP contribution in [0.5, 0.6) is 0 Å². The van der Waals surface area contributed by atoms with Gasteiger partial charge in [-0.15, -0.1) is 11.3 Å². The highest BCUT2D eigenvalue weighted by molar-refractivity contribution is 7.18. The number of thiophene rings is 1. The first-order chi connectivity index (χ1) is 16.4. The summed E-state index contributed by atoms with van der Waals surface area (Å²) in [4.78, 5) is 50.2. The molecule has 1 fully saturated rings. The summed E-state index contributed by atoms with van der Waals surface area (Å²) >= 11 is 7.08. The van der Waals surface area contributed by atoms with Gasteiger partial charge in [0.25, 0.3) is 17.4 Å². The lowest BCUT2D eigenvalue weighted by atomic mass is 10.1. The summed E-state index contributed by atoms with van der Waals surface area (Å²) in [6, 6.07) is 13.8. The molecule has 2 aromatic heterocycles. The van der Waals surface area contributed by atoms with Crippen molar-refractivity contribution in [2.24, 2.45) is 5.92 Å². The first-order valence-corrected chi connectivity index (χ1v) is 11.8. The van der Waals surface area contributed by atoms with Gasteiger partial charge in [0, 0.05) is 23.5 Å². The van der Waals surface area contributed by atoms with Crippen LogP contribution >= 0.6 is 22.9 Å². The number of rotatable bonds is 6.